The van der Waals surface area contributed by atoms with Crippen LogP contribution in [0, 0.1) is 0 Å². The smallest absolute Gasteiger partial charge is 0.258 e. The lowest BCUT2D eigenvalue weighted by atomic mass is 9.74. The Hall–Kier alpha value is -2.85. The molecule has 0 aromatic heterocycles. The minimum Gasteiger partial charge on any atom is -0.497 e. The van der Waals surface area contributed by atoms with E-state index in [0.717, 1.165) is 60.2 Å². The molecule has 3 aromatic carbocycles. The third-order valence-electron chi connectivity index (χ3n) is 6.71. The van der Waals surface area contributed by atoms with E-state index in [4.69, 9.17) is 4.74 Å². The first-order valence-electron chi connectivity index (χ1n) is 10.3. The molecule has 0 atom stereocenters. The van der Waals surface area contributed by atoms with E-state index in [1.165, 1.54) is 5.56 Å². The number of amides is 1. The summed E-state index contributed by atoms with van der Waals surface area (Å²) in [4.78, 5) is 17.9. The van der Waals surface area contributed by atoms with Crippen molar-refractivity contribution in [1.29, 1.82) is 0 Å². The second-order valence-corrected chi connectivity index (χ2v) is 8.42. The van der Waals surface area contributed by atoms with E-state index in [-0.39, 0.29) is 11.3 Å². The molecule has 1 amide bonds. The lowest BCUT2D eigenvalue weighted by Crippen LogP contribution is -2.44. The number of piperidine rings is 1. The SMILES string of the molecule is COc1ccc2c(c1)C1(CCN(C)CC1)CN2C(=O)c1ccc2ccccc2c1. The van der Waals surface area contributed by atoms with Gasteiger partial charge in [-0.05, 0) is 79.6 Å². The lowest BCUT2D eigenvalue weighted by Gasteiger charge is -2.38. The molecule has 0 N–H and O–H groups in total. The normalized spacial score (nSPS) is 18.2. The van der Waals surface area contributed by atoms with Crippen molar-refractivity contribution >= 4 is 22.4 Å². The van der Waals surface area contributed by atoms with Crippen LogP contribution in [-0.4, -0.2) is 44.6 Å². The Bertz CT molecular complexity index is 1080. The molecular formula is C25H26N2O2. The van der Waals surface area contributed by atoms with E-state index < -0.39 is 0 Å². The third-order valence-corrected chi connectivity index (χ3v) is 6.71. The third kappa shape index (κ3) is 2.99. The molecule has 0 bridgehead atoms. The summed E-state index contributed by atoms with van der Waals surface area (Å²) in [6, 6.07) is 20.4. The number of fused-ring (bicyclic) bond motifs is 3. The second-order valence-electron chi connectivity index (χ2n) is 8.42. The minimum atomic E-state index is 0.0168. The number of ether oxygens (including phenoxy) is 1. The van der Waals surface area contributed by atoms with Crippen molar-refractivity contribution < 1.29 is 9.53 Å². The Labute approximate surface area is 171 Å². The fraction of sp³-hybridized carbons (Fsp3) is 0.320. The van der Waals surface area contributed by atoms with Gasteiger partial charge in [-0.25, -0.2) is 0 Å². The van der Waals surface area contributed by atoms with Crippen molar-refractivity contribution in [2.45, 2.75) is 18.3 Å². The molecule has 4 nitrogen and oxygen atoms in total. The topological polar surface area (TPSA) is 32.8 Å². The quantitative estimate of drug-likeness (QED) is 0.651. The maximum atomic E-state index is 13.6. The summed E-state index contributed by atoms with van der Waals surface area (Å²) in [6.45, 7) is 2.85. The fourth-order valence-corrected chi connectivity index (χ4v) is 4.91. The van der Waals surface area contributed by atoms with Gasteiger partial charge in [-0.15, -0.1) is 0 Å². The van der Waals surface area contributed by atoms with Crippen LogP contribution in [0.3, 0.4) is 0 Å². The number of hydrogen-bond acceptors (Lipinski definition) is 3. The summed E-state index contributed by atoms with van der Waals surface area (Å²) in [5.74, 6) is 0.944. The highest BCUT2D eigenvalue weighted by Gasteiger charge is 2.46. The molecule has 1 fully saturated rings. The standard InChI is InChI=1S/C25H26N2O2/c1-26-13-11-25(12-14-26)17-27(23-10-9-21(29-2)16-22(23)25)24(28)20-8-7-18-5-3-4-6-19(18)15-20/h3-10,15-16H,11-14,17H2,1-2H3. The minimum absolute atomic E-state index is 0.0168. The fourth-order valence-electron chi connectivity index (χ4n) is 4.91. The highest BCUT2D eigenvalue weighted by atomic mass is 16.5. The Balaban J connectivity index is 1.56. The molecule has 3 aromatic rings. The van der Waals surface area contributed by atoms with Crippen LogP contribution >= 0.6 is 0 Å². The zero-order chi connectivity index (χ0) is 20.0. The number of hydrogen-bond donors (Lipinski definition) is 0. The zero-order valence-electron chi connectivity index (χ0n) is 17.0. The van der Waals surface area contributed by atoms with Gasteiger partial charge in [-0.2, -0.15) is 0 Å². The van der Waals surface area contributed by atoms with Crippen LogP contribution in [-0.2, 0) is 5.41 Å². The van der Waals surface area contributed by atoms with E-state index in [1.807, 2.05) is 41.3 Å². The van der Waals surface area contributed by atoms with Crippen LogP contribution in [0.25, 0.3) is 10.8 Å². The summed E-state index contributed by atoms with van der Waals surface area (Å²) in [7, 11) is 3.88. The average molecular weight is 386 g/mol. The first-order valence-corrected chi connectivity index (χ1v) is 10.3. The molecule has 0 unspecified atom stereocenters. The largest absolute Gasteiger partial charge is 0.497 e. The first-order chi connectivity index (χ1) is 14.1. The van der Waals surface area contributed by atoms with Gasteiger partial charge >= 0.3 is 0 Å². The molecule has 1 saturated heterocycles. The maximum Gasteiger partial charge on any atom is 0.258 e. The predicted octanol–water partition coefficient (Wildman–Crippen LogP) is 4.47. The number of likely N-dealkylation sites (tertiary alicyclic amines) is 1. The molecule has 2 aliphatic heterocycles. The van der Waals surface area contributed by atoms with Crippen molar-refractivity contribution in [2.24, 2.45) is 0 Å². The van der Waals surface area contributed by atoms with Crippen molar-refractivity contribution in [1.82, 2.24) is 4.90 Å². The first kappa shape index (κ1) is 18.2. The van der Waals surface area contributed by atoms with E-state index in [0.29, 0.717) is 0 Å². The van der Waals surface area contributed by atoms with Crippen molar-refractivity contribution in [3.05, 3.63) is 71.8 Å². The Morgan fingerprint density at radius 1 is 0.966 bits per heavy atom. The highest BCUT2D eigenvalue weighted by molar-refractivity contribution is 6.09. The Kier molecular flexibility index (Phi) is 4.32. The lowest BCUT2D eigenvalue weighted by molar-refractivity contribution is 0.0979. The maximum absolute atomic E-state index is 13.6. The molecule has 5 rings (SSSR count). The van der Waals surface area contributed by atoms with Crippen LogP contribution in [0.1, 0.15) is 28.8 Å². The van der Waals surface area contributed by atoms with Gasteiger partial charge in [0.15, 0.2) is 0 Å². The predicted molar refractivity (Wildman–Crippen MR) is 117 cm³/mol. The van der Waals surface area contributed by atoms with Gasteiger partial charge in [0.1, 0.15) is 5.75 Å². The highest BCUT2D eigenvalue weighted by Crippen LogP contribution is 2.48. The van der Waals surface area contributed by atoms with E-state index in [2.05, 4.69) is 36.2 Å². The van der Waals surface area contributed by atoms with Crippen LogP contribution in [0.5, 0.6) is 5.75 Å². The molecule has 1 spiro atoms. The summed E-state index contributed by atoms with van der Waals surface area (Å²) < 4.78 is 5.51. The number of rotatable bonds is 2. The van der Waals surface area contributed by atoms with Crippen LogP contribution in [0.15, 0.2) is 60.7 Å². The van der Waals surface area contributed by atoms with Gasteiger partial charge in [0.25, 0.3) is 5.91 Å². The van der Waals surface area contributed by atoms with E-state index in [9.17, 15) is 4.79 Å². The number of anilines is 1. The summed E-state index contributed by atoms with van der Waals surface area (Å²) in [6.07, 6.45) is 2.12. The van der Waals surface area contributed by atoms with Gasteiger partial charge in [-0.3, -0.25) is 4.79 Å². The van der Waals surface area contributed by atoms with Crippen molar-refractivity contribution in [3.63, 3.8) is 0 Å². The average Bonchev–Trinajstić information content (AvgIpc) is 3.08. The number of methoxy groups -OCH3 is 1. The Morgan fingerprint density at radius 3 is 2.48 bits per heavy atom. The molecule has 0 saturated carbocycles. The van der Waals surface area contributed by atoms with E-state index in [1.54, 1.807) is 7.11 Å². The molecule has 2 heterocycles. The molecular weight excluding hydrogens is 360 g/mol. The summed E-state index contributed by atoms with van der Waals surface area (Å²) in [5, 5.41) is 2.25. The Morgan fingerprint density at radius 2 is 1.72 bits per heavy atom. The molecule has 0 aliphatic carbocycles. The number of nitrogens with zero attached hydrogens (tertiary/aromatic N) is 2. The summed E-state index contributed by atoms with van der Waals surface area (Å²) >= 11 is 0. The van der Waals surface area contributed by atoms with Crippen LogP contribution in [0.4, 0.5) is 5.69 Å². The van der Waals surface area contributed by atoms with Gasteiger partial charge in [0.2, 0.25) is 0 Å². The number of benzene rings is 3. The van der Waals surface area contributed by atoms with Crippen molar-refractivity contribution in [2.75, 3.05) is 38.7 Å². The van der Waals surface area contributed by atoms with Crippen LogP contribution < -0.4 is 9.64 Å². The van der Waals surface area contributed by atoms with E-state index >= 15 is 0 Å². The molecule has 148 valence electrons. The van der Waals surface area contributed by atoms with Crippen molar-refractivity contribution in [3.8, 4) is 5.75 Å². The monoisotopic (exact) mass is 386 g/mol. The molecule has 2 aliphatic rings. The van der Waals surface area contributed by atoms with Gasteiger partial charge in [0.05, 0.1) is 7.11 Å². The summed E-state index contributed by atoms with van der Waals surface area (Å²) in [5.41, 5.74) is 3.06. The van der Waals surface area contributed by atoms with Gasteiger partial charge in [0, 0.05) is 23.2 Å². The zero-order valence-corrected chi connectivity index (χ0v) is 17.0. The van der Waals surface area contributed by atoms with Gasteiger partial charge in [-0.1, -0.05) is 30.3 Å². The molecule has 29 heavy (non-hydrogen) atoms. The van der Waals surface area contributed by atoms with Gasteiger partial charge < -0.3 is 14.5 Å². The number of carbonyl (C=O) groups is 1. The van der Waals surface area contributed by atoms with Crippen LogP contribution in [0.2, 0.25) is 0 Å². The number of carbonyl (C=O) groups excluding carboxylic acids is 1. The molecule has 0 radical (unpaired) electrons. The molecule has 4 heteroatoms. The second kappa shape index (κ2) is 6.89.